The molecule has 21 heavy (non-hydrogen) atoms. The molecule has 1 aromatic carbocycles. The van der Waals surface area contributed by atoms with Crippen LogP contribution in [0.2, 0.25) is 0 Å². The third-order valence-electron chi connectivity index (χ3n) is 3.95. The highest BCUT2D eigenvalue weighted by atomic mass is 32.1. The van der Waals surface area contributed by atoms with Gasteiger partial charge in [-0.3, -0.25) is 0 Å². The Morgan fingerprint density at radius 3 is 2.52 bits per heavy atom. The number of hydrogen-bond donors (Lipinski definition) is 1. The Hall–Kier alpha value is -1.19. The summed E-state index contributed by atoms with van der Waals surface area (Å²) < 4.78 is 0. The minimum Gasteiger partial charge on any atom is -0.304 e. The molecule has 1 unspecified atom stereocenters. The van der Waals surface area contributed by atoms with E-state index in [4.69, 9.17) is 4.98 Å². The van der Waals surface area contributed by atoms with Gasteiger partial charge in [-0.15, -0.1) is 11.3 Å². The van der Waals surface area contributed by atoms with E-state index in [0.717, 1.165) is 12.5 Å². The topological polar surface area (TPSA) is 24.9 Å². The molecule has 1 heterocycles. The van der Waals surface area contributed by atoms with Crippen molar-refractivity contribution >= 4 is 11.3 Å². The molecule has 1 saturated carbocycles. The second-order valence-electron chi connectivity index (χ2n) is 7.00. The summed E-state index contributed by atoms with van der Waals surface area (Å²) in [5.74, 6) is 0.799. The van der Waals surface area contributed by atoms with Crippen LogP contribution in [0.5, 0.6) is 0 Å². The molecule has 1 atom stereocenters. The summed E-state index contributed by atoms with van der Waals surface area (Å²) in [7, 11) is 0. The molecule has 1 aliphatic rings. The summed E-state index contributed by atoms with van der Waals surface area (Å²) in [5.41, 5.74) is 2.73. The Kier molecular flexibility index (Phi) is 4.14. The predicted octanol–water partition coefficient (Wildman–Crippen LogP) is 4.68. The molecule has 1 aliphatic carbocycles. The lowest BCUT2D eigenvalue weighted by Crippen LogP contribution is -2.23. The van der Waals surface area contributed by atoms with Crippen molar-refractivity contribution in [2.75, 3.05) is 0 Å². The highest BCUT2D eigenvalue weighted by Gasteiger charge is 2.32. The Morgan fingerprint density at radius 2 is 1.95 bits per heavy atom. The first-order valence-corrected chi connectivity index (χ1v) is 8.65. The summed E-state index contributed by atoms with van der Waals surface area (Å²) in [6, 6.07) is 11.3. The van der Waals surface area contributed by atoms with Crippen LogP contribution in [0.1, 0.15) is 55.9 Å². The zero-order valence-electron chi connectivity index (χ0n) is 13.1. The van der Waals surface area contributed by atoms with Gasteiger partial charge in [0.25, 0.3) is 0 Å². The largest absolute Gasteiger partial charge is 0.304 e. The Labute approximate surface area is 131 Å². The van der Waals surface area contributed by atoms with E-state index < -0.39 is 0 Å². The molecular weight excluding hydrogens is 276 g/mol. The summed E-state index contributed by atoms with van der Waals surface area (Å²) in [5, 5.41) is 7.14. The van der Waals surface area contributed by atoms with E-state index in [1.165, 1.54) is 29.1 Å². The molecule has 1 N–H and O–H groups in total. The van der Waals surface area contributed by atoms with E-state index in [2.05, 4.69) is 61.8 Å². The molecule has 0 spiro atoms. The van der Waals surface area contributed by atoms with Gasteiger partial charge in [-0.05, 0) is 24.3 Å². The van der Waals surface area contributed by atoms with Crippen molar-refractivity contribution in [3.8, 4) is 0 Å². The van der Waals surface area contributed by atoms with Gasteiger partial charge in [-0.1, -0.05) is 51.1 Å². The molecule has 2 nitrogen and oxygen atoms in total. The molecule has 1 fully saturated rings. The van der Waals surface area contributed by atoms with E-state index in [1.54, 1.807) is 11.3 Å². The Balaban J connectivity index is 1.66. The summed E-state index contributed by atoms with van der Waals surface area (Å²) in [6.07, 6.45) is 2.69. The van der Waals surface area contributed by atoms with Crippen LogP contribution in [0.15, 0.2) is 35.7 Å². The van der Waals surface area contributed by atoms with Crippen molar-refractivity contribution in [3.63, 3.8) is 0 Å². The molecule has 3 heteroatoms. The van der Waals surface area contributed by atoms with Crippen molar-refractivity contribution in [1.82, 2.24) is 10.3 Å². The van der Waals surface area contributed by atoms with Crippen LogP contribution in [0.4, 0.5) is 0 Å². The molecule has 0 bridgehead atoms. The van der Waals surface area contributed by atoms with Gasteiger partial charge in [-0.2, -0.15) is 0 Å². The maximum Gasteiger partial charge on any atom is 0.0982 e. The smallest absolute Gasteiger partial charge is 0.0982 e. The van der Waals surface area contributed by atoms with Gasteiger partial charge in [0, 0.05) is 23.4 Å². The summed E-state index contributed by atoms with van der Waals surface area (Å²) >= 11 is 1.78. The second kappa shape index (κ2) is 5.90. The SMILES string of the molecule is CC(C)(C)c1nc(CNC(c2ccccc2)C2CC2)cs1. The Bertz CT molecular complexity index is 579. The van der Waals surface area contributed by atoms with Gasteiger partial charge in [0.1, 0.15) is 0 Å². The van der Waals surface area contributed by atoms with Gasteiger partial charge in [0.2, 0.25) is 0 Å². The molecule has 0 amide bonds. The second-order valence-corrected chi connectivity index (χ2v) is 7.86. The fraction of sp³-hybridized carbons (Fsp3) is 0.500. The first-order chi connectivity index (χ1) is 10.0. The molecule has 112 valence electrons. The fourth-order valence-corrected chi connectivity index (χ4v) is 3.50. The lowest BCUT2D eigenvalue weighted by molar-refractivity contribution is 0.475. The van der Waals surface area contributed by atoms with Crippen molar-refractivity contribution < 1.29 is 0 Å². The fourth-order valence-electron chi connectivity index (χ4n) is 2.59. The van der Waals surface area contributed by atoms with Gasteiger partial charge < -0.3 is 5.32 Å². The van der Waals surface area contributed by atoms with Crippen LogP contribution in [0, 0.1) is 5.92 Å². The normalized spacial score (nSPS) is 16.9. The third kappa shape index (κ3) is 3.72. The van der Waals surface area contributed by atoms with Crippen molar-refractivity contribution in [2.24, 2.45) is 5.92 Å². The maximum absolute atomic E-state index is 4.78. The molecule has 2 aromatic rings. The van der Waals surface area contributed by atoms with E-state index in [-0.39, 0.29) is 5.41 Å². The summed E-state index contributed by atoms with van der Waals surface area (Å²) in [4.78, 5) is 4.78. The van der Waals surface area contributed by atoms with E-state index >= 15 is 0 Å². The first kappa shape index (κ1) is 14.7. The Morgan fingerprint density at radius 1 is 1.24 bits per heavy atom. The van der Waals surface area contributed by atoms with Crippen molar-refractivity contribution in [2.45, 2.75) is 51.6 Å². The van der Waals surface area contributed by atoms with Crippen LogP contribution >= 0.6 is 11.3 Å². The third-order valence-corrected chi connectivity index (χ3v) is 5.27. The number of hydrogen-bond acceptors (Lipinski definition) is 3. The molecule has 3 rings (SSSR count). The lowest BCUT2D eigenvalue weighted by Gasteiger charge is -2.18. The van der Waals surface area contributed by atoms with E-state index in [0.29, 0.717) is 6.04 Å². The van der Waals surface area contributed by atoms with Crippen LogP contribution in [-0.4, -0.2) is 4.98 Å². The number of nitrogens with one attached hydrogen (secondary N) is 1. The van der Waals surface area contributed by atoms with Crippen LogP contribution in [0.25, 0.3) is 0 Å². The minimum atomic E-state index is 0.151. The van der Waals surface area contributed by atoms with E-state index in [1.807, 2.05) is 0 Å². The lowest BCUT2D eigenvalue weighted by atomic mass is 9.98. The number of benzene rings is 1. The predicted molar refractivity (Wildman–Crippen MR) is 89.6 cm³/mol. The number of nitrogens with zero attached hydrogens (tertiary/aromatic N) is 1. The highest BCUT2D eigenvalue weighted by Crippen LogP contribution is 2.41. The van der Waals surface area contributed by atoms with E-state index in [9.17, 15) is 0 Å². The summed E-state index contributed by atoms with van der Waals surface area (Å²) in [6.45, 7) is 7.53. The monoisotopic (exact) mass is 300 g/mol. The average Bonchev–Trinajstić information content (AvgIpc) is 3.16. The molecule has 1 aromatic heterocycles. The zero-order valence-corrected chi connectivity index (χ0v) is 13.9. The molecular formula is C18H24N2S. The number of thiazole rings is 1. The average molecular weight is 300 g/mol. The molecule has 0 aliphatic heterocycles. The minimum absolute atomic E-state index is 0.151. The molecule has 0 radical (unpaired) electrons. The van der Waals surface area contributed by atoms with Gasteiger partial charge in [0.05, 0.1) is 10.7 Å². The quantitative estimate of drug-likeness (QED) is 0.867. The standard InChI is InChI=1S/C18H24N2S/c1-18(2,3)17-20-15(12-21-17)11-19-16(14-9-10-14)13-7-5-4-6-8-13/h4-8,12,14,16,19H,9-11H2,1-3H3. The number of rotatable bonds is 5. The van der Waals surface area contributed by atoms with Crippen molar-refractivity contribution in [1.29, 1.82) is 0 Å². The van der Waals surface area contributed by atoms with Crippen LogP contribution in [0.3, 0.4) is 0 Å². The first-order valence-electron chi connectivity index (χ1n) is 7.77. The maximum atomic E-state index is 4.78. The van der Waals surface area contributed by atoms with Gasteiger partial charge in [-0.25, -0.2) is 4.98 Å². The highest BCUT2D eigenvalue weighted by molar-refractivity contribution is 7.09. The van der Waals surface area contributed by atoms with Gasteiger partial charge >= 0.3 is 0 Å². The van der Waals surface area contributed by atoms with Crippen LogP contribution < -0.4 is 5.32 Å². The zero-order chi connectivity index (χ0) is 14.9. The number of aromatic nitrogens is 1. The molecule has 0 saturated heterocycles. The van der Waals surface area contributed by atoms with Gasteiger partial charge in [0.15, 0.2) is 0 Å². The van der Waals surface area contributed by atoms with Crippen LogP contribution in [-0.2, 0) is 12.0 Å². The van der Waals surface area contributed by atoms with Crippen molar-refractivity contribution in [3.05, 3.63) is 52.0 Å².